The van der Waals surface area contributed by atoms with E-state index in [0.29, 0.717) is 16.6 Å². The van der Waals surface area contributed by atoms with Gasteiger partial charge in [0.05, 0.1) is 11.2 Å². The first-order valence-electron chi connectivity index (χ1n) is 7.61. The number of Topliss-reactive ketones (excluding diaryl/α,β-unsaturated/α-hetero) is 1. The van der Waals surface area contributed by atoms with Gasteiger partial charge >= 0.3 is 0 Å². The van der Waals surface area contributed by atoms with Gasteiger partial charge in [0.1, 0.15) is 11.4 Å². The highest BCUT2D eigenvalue weighted by Crippen LogP contribution is 2.18. The molecule has 2 aromatic carbocycles. The number of rotatable bonds is 6. The van der Waals surface area contributed by atoms with Crippen LogP contribution in [0, 0.1) is 0 Å². The summed E-state index contributed by atoms with van der Waals surface area (Å²) in [7, 11) is -3.78. The van der Waals surface area contributed by atoms with Crippen molar-refractivity contribution in [2.75, 3.05) is 5.75 Å². The Kier molecular flexibility index (Phi) is 5.46. The third-order valence-corrected chi connectivity index (χ3v) is 5.78. The average molecular weight is 409 g/mol. The van der Waals surface area contributed by atoms with E-state index in [9.17, 15) is 13.2 Å². The van der Waals surface area contributed by atoms with Gasteiger partial charge in [-0.05, 0) is 35.9 Å². The van der Waals surface area contributed by atoms with Crippen molar-refractivity contribution in [2.24, 2.45) is 0 Å². The number of ketones is 1. The Morgan fingerprint density at radius 2 is 1.77 bits per heavy atom. The van der Waals surface area contributed by atoms with E-state index in [1.54, 1.807) is 22.8 Å². The Hall–Kier alpha value is -2.15. The highest BCUT2D eigenvalue weighted by molar-refractivity contribution is 7.92. The van der Waals surface area contributed by atoms with E-state index >= 15 is 0 Å². The lowest BCUT2D eigenvalue weighted by atomic mass is 10.2. The number of carbonyl (C=O) groups is 1. The summed E-state index contributed by atoms with van der Waals surface area (Å²) in [4.78, 5) is 16.4. The first-order valence-corrected chi connectivity index (χ1v) is 10.0. The monoisotopic (exact) mass is 408 g/mol. The van der Waals surface area contributed by atoms with Crippen molar-refractivity contribution in [3.8, 4) is 0 Å². The minimum Gasteiger partial charge on any atom is -0.332 e. The van der Waals surface area contributed by atoms with E-state index < -0.39 is 21.4 Å². The lowest BCUT2D eigenvalue weighted by Gasteiger charge is -2.03. The summed E-state index contributed by atoms with van der Waals surface area (Å²) in [5, 5.41) is 0.937. The topological polar surface area (TPSA) is 69.0 Å². The number of sulfone groups is 1. The smallest absolute Gasteiger partial charge is 0.198 e. The molecule has 3 aromatic rings. The molecule has 0 fully saturated rings. The number of benzene rings is 2. The minimum atomic E-state index is -3.78. The molecule has 1 aromatic heterocycles. The molecule has 0 N–H and O–H groups in total. The molecule has 5 nitrogen and oxygen atoms in total. The number of aromatic nitrogens is 2. The number of hydrogen-bond donors (Lipinski definition) is 0. The highest BCUT2D eigenvalue weighted by Gasteiger charge is 2.22. The number of nitrogens with zero attached hydrogens (tertiary/aromatic N) is 2. The lowest BCUT2D eigenvalue weighted by molar-refractivity contribution is 0.101. The van der Waals surface area contributed by atoms with Crippen LogP contribution in [0.1, 0.15) is 16.1 Å². The van der Waals surface area contributed by atoms with Crippen LogP contribution < -0.4 is 0 Å². The third-order valence-electron chi connectivity index (χ3n) is 3.67. The van der Waals surface area contributed by atoms with Gasteiger partial charge < -0.3 is 4.57 Å². The van der Waals surface area contributed by atoms with Crippen LogP contribution in [0.25, 0.3) is 0 Å². The van der Waals surface area contributed by atoms with Crippen molar-refractivity contribution in [3.63, 3.8) is 0 Å². The number of halogens is 2. The maximum atomic E-state index is 12.4. The molecule has 0 saturated carbocycles. The van der Waals surface area contributed by atoms with E-state index in [2.05, 4.69) is 4.98 Å². The second-order valence-corrected chi connectivity index (χ2v) is 8.56. The molecule has 26 heavy (non-hydrogen) atoms. The van der Waals surface area contributed by atoms with Crippen LogP contribution in [0.3, 0.4) is 0 Å². The second-order valence-electron chi connectivity index (χ2n) is 5.70. The third kappa shape index (κ3) is 4.52. The molecule has 1 heterocycles. The van der Waals surface area contributed by atoms with Crippen LogP contribution in [0.4, 0.5) is 0 Å². The predicted octanol–water partition coefficient (Wildman–Crippen LogP) is 3.89. The Bertz CT molecular complexity index is 1040. The normalized spacial score (nSPS) is 11.5. The standard InChI is InChI=1S/C18H14Cl2N2O3S/c19-14-6-4-13(5-7-14)9-22-10-17(21-12-22)18(23)11-26(24,25)16-3-1-2-15(20)8-16/h1-8,10,12H,9,11H2. The fourth-order valence-electron chi connectivity index (χ4n) is 2.38. The molecule has 3 rings (SSSR count). The Balaban J connectivity index is 1.72. The molecule has 0 saturated heterocycles. The average Bonchev–Trinajstić information content (AvgIpc) is 3.05. The molecule has 0 spiro atoms. The van der Waals surface area contributed by atoms with Gasteiger partial charge in [-0.1, -0.05) is 41.4 Å². The minimum absolute atomic E-state index is 0.0129. The fraction of sp³-hybridized carbons (Fsp3) is 0.111. The quantitative estimate of drug-likeness (QED) is 0.580. The van der Waals surface area contributed by atoms with Crippen molar-refractivity contribution in [2.45, 2.75) is 11.4 Å². The number of hydrogen-bond acceptors (Lipinski definition) is 4. The van der Waals surface area contributed by atoms with Crippen LogP contribution in [0.5, 0.6) is 0 Å². The molecule has 0 amide bonds. The van der Waals surface area contributed by atoms with Crippen LogP contribution in [-0.4, -0.2) is 29.5 Å². The van der Waals surface area contributed by atoms with E-state index in [1.807, 2.05) is 12.1 Å². The van der Waals surface area contributed by atoms with E-state index in [4.69, 9.17) is 23.2 Å². The molecule has 0 atom stereocenters. The van der Waals surface area contributed by atoms with Gasteiger partial charge in [-0.15, -0.1) is 0 Å². The fourth-order valence-corrected chi connectivity index (χ4v) is 4.01. The molecule has 0 aliphatic carbocycles. The van der Waals surface area contributed by atoms with Crippen molar-refractivity contribution < 1.29 is 13.2 Å². The summed E-state index contributed by atoms with van der Waals surface area (Å²) in [6, 6.07) is 13.1. The molecule has 0 radical (unpaired) electrons. The maximum Gasteiger partial charge on any atom is 0.198 e. The zero-order valence-electron chi connectivity index (χ0n) is 13.5. The lowest BCUT2D eigenvalue weighted by Crippen LogP contribution is -2.16. The summed E-state index contributed by atoms with van der Waals surface area (Å²) < 4.78 is 26.5. The van der Waals surface area contributed by atoms with E-state index in [0.717, 1.165) is 5.56 Å². The van der Waals surface area contributed by atoms with Gasteiger partial charge in [0.15, 0.2) is 15.6 Å². The van der Waals surface area contributed by atoms with E-state index in [-0.39, 0.29) is 10.6 Å². The summed E-state index contributed by atoms with van der Waals surface area (Å²) in [5.74, 6) is -1.23. The highest BCUT2D eigenvalue weighted by atomic mass is 35.5. The first kappa shape index (κ1) is 18.6. The van der Waals surface area contributed by atoms with Crippen LogP contribution >= 0.6 is 23.2 Å². The summed E-state index contributed by atoms with van der Waals surface area (Å²) in [6.45, 7) is 0.499. The molecule has 0 aliphatic rings. The summed E-state index contributed by atoms with van der Waals surface area (Å²) in [6.07, 6.45) is 3.03. The summed E-state index contributed by atoms with van der Waals surface area (Å²) >= 11 is 11.7. The van der Waals surface area contributed by atoms with Crippen molar-refractivity contribution in [1.29, 1.82) is 0 Å². The molecule has 8 heteroatoms. The predicted molar refractivity (Wildman–Crippen MR) is 101 cm³/mol. The Morgan fingerprint density at radius 3 is 2.46 bits per heavy atom. The molecular formula is C18H14Cl2N2O3S. The Morgan fingerprint density at radius 1 is 1.04 bits per heavy atom. The van der Waals surface area contributed by atoms with Gasteiger partial charge in [-0.25, -0.2) is 13.4 Å². The van der Waals surface area contributed by atoms with Crippen LogP contribution in [-0.2, 0) is 16.4 Å². The molecule has 0 bridgehead atoms. The van der Waals surface area contributed by atoms with Crippen molar-refractivity contribution in [3.05, 3.63) is 82.4 Å². The number of imidazole rings is 1. The van der Waals surface area contributed by atoms with Crippen molar-refractivity contribution in [1.82, 2.24) is 9.55 Å². The van der Waals surface area contributed by atoms with Crippen LogP contribution in [0.15, 0.2) is 66.0 Å². The van der Waals surface area contributed by atoms with Gasteiger partial charge in [0.25, 0.3) is 0 Å². The molecule has 0 unspecified atom stereocenters. The maximum absolute atomic E-state index is 12.4. The number of carbonyl (C=O) groups excluding carboxylic acids is 1. The Labute approximate surface area is 161 Å². The van der Waals surface area contributed by atoms with Crippen molar-refractivity contribution >= 4 is 38.8 Å². The van der Waals surface area contributed by atoms with Gasteiger partial charge in [0, 0.05) is 22.8 Å². The van der Waals surface area contributed by atoms with Gasteiger partial charge in [0.2, 0.25) is 0 Å². The zero-order chi connectivity index (χ0) is 18.7. The molecule has 134 valence electrons. The SMILES string of the molecule is O=C(CS(=O)(=O)c1cccc(Cl)c1)c1cn(Cc2ccc(Cl)cc2)cn1. The zero-order valence-corrected chi connectivity index (χ0v) is 15.8. The first-order chi connectivity index (χ1) is 12.3. The summed E-state index contributed by atoms with van der Waals surface area (Å²) in [5.41, 5.74) is 1.09. The largest absolute Gasteiger partial charge is 0.332 e. The van der Waals surface area contributed by atoms with Gasteiger partial charge in [-0.3, -0.25) is 4.79 Å². The van der Waals surface area contributed by atoms with Crippen LogP contribution in [0.2, 0.25) is 10.0 Å². The second kappa shape index (κ2) is 7.61. The van der Waals surface area contributed by atoms with Gasteiger partial charge in [-0.2, -0.15) is 0 Å². The molecular weight excluding hydrogens is 395 g/mol. The molecule has 0 aliphatic heterocycles. The van der Waals surface area contributed by atoms with E-state index in [1.165, 1.54) is 30.7 Å².